The van der Waals surface area contributed by atoms with Gasteiger partial charge in [0, 0.05) is 18.8 Å². The number of aromatic nitrogens is 2. The lowest BCUT2D eigenvalue weighted by Crippen LogP contribution is -2.51. The van der Waals surface area contributed by atoms with Crippen LogP contribution in [-0.4, -0.2) is 41.3 Å². The minimum Gasteiger partial charge on any atom is -0.477 e. The van der Waals surface area contributed by atoms with Crippen LogP contribution in [0.1, 0.15) is 21.7 Å². The van der Waals surface area contributed by atoms with Crippen molar-refractivity contribution < 1.29 is 27.5 Å². The normalized spacial score (nSPS) is 15.3. The van der Waals surface area contributed by atoms with Gasteiger partial charge in [-0.1, -0.05) is 18.2 Å². The number of anilines is 1. The van der Waals surface area contributed by atoms with Crippen LogP contribution < -0.4 is 20.4 Å². The van der Waals surface area contributed by atoms with Gasteiger partial charge < -0.3 is 10.1 Å². The fourth-order valence-corrected chi connectivity index (χ4v) is 3.62. The van der Waals surface area contributed by atoms with Crippen LogP contribution in [0.15, 0.2) is 59.4 Å². The van der Waals surface area contributed by atoms with Crippen LogP contribution in [0.5, 0.6) is 5.75 Å². The molecule has 4 rings (SSSR count). The number of hydrogen-bond acceptors (Lipinski definition) is 5. The number of para-hydroxylation sites is 2. The predicted molar refractivity (Wildman–Crippen MR) is 116 cm³/mol. The van der Waals surface area contributed by atoms with Crippen LogP contribution in [0.4, 0.5) is 18.9 Å². The summed E-state index contributed by atoms with van der Waals surface area (Å²) in [4.78, 5) is 39.5. The Kier molecular flexibility index (Phi) is 5.86. The zero-order valence-electron chi connectivity index (χ0n) is 18.1. The van der Waals surface area contributed by atoms with Gasteiger partial charge >= 0.3 is 6.18 Å². The number of aryl methyl sites for hydroxylation is 1. The number of carbonyl (C=O) groups is 2. The molecule has 0 fully saturated rings. The molecular formula is C23H19F3N4O4. The number of amides is 2. The average molecular weight is 472 g/mol. The van der Waals surface area contributed by atoms with Gasteiger partial charge in [-0.05, 0) is 37.3 Å². The standard InChI is InChI=1S/C23H19F3N4O4/c1-13-10-17(31)20(28-30(13)15-7-5-6-14(11-15)23(24,25)26)22(33)29-12-19(21(32)27-2)34-18-9-4-3-8-16(18)29/h3-11,19H,12H2,1-2H3,(H,27,32). The number of fused-ring (bicyclic) bond motifs is 1. The number of alkyl halides is 3. The summed E-state index contributed by atoms with van der Waals surface area (Å²) >= 11 is 0. The Hall–Kier alpha value is -4.15. The number of benzene rings is 2. The van der Waals surface area contributed by atoms with Crippen molar-refractivity contribution in [3.05, 3.63) is 81.8 Å². The molecule has 0 spiro atoms. The first-order valence-electron chi connectivity index (χ1n) is 10.2. The maximum absolute atomic E-state index is 13.4. The molecular weight excluding hydrogens is 453 g/mol. The third-order valence-corrected chi connectivity index (χ3v) is 5.29. The second-order valence-electron chi connectivity index (χ2n) is 7.56. The third-order valence-electron chi connectivity index (χ3n) is 5.29. The first-order valence-corrected chi connectivity index (χ1v) is 10.2. The molecule has 1 aliphatic rings. The Morgan fingerprint density at radius 2 is 1.85 bits per heavy atom. The van der Waals surface area contributed by atoms with Crippen molar-refractivity contribution in [1.82, 2.24) is 15.1 Å². The average Bonchev–Trinajstić information content (AvgIpc) is 2.82. The lowest BCUT2D eigenvalue weighted by Gasteiger charge is -2.33. The molecule has 0 saturated carbocycles. The highest BCUT2D eigenvalue weighted by molar-refractivity contribution is 6.06. The molecule has 1 unspecified atom stereocenters. The highest BCUT2D eigenvalue weighted by atomic mass is 19.4. The van der Waals surface area contributed by atoms with E-state index < -0.39 is 40.8 Å². The Labute approximate surface area is 191 Å². The third kappa shape index (κ3) is 4.24. The van der Waals surface area contributed by atoms with E-state index in [1.165, 1.54) is 31.0 Å². The van der Waals surface area contributed by atoms with E-state index in [0.717, 1.165) is 22.9 Å². The van der Waals surface area contributed by atoms with Crippen molar-refractivity contribution in [2.75, 3.05) is 18.5 Å². The Balaban J connectivity index is 1.79. The van der Waals surface area contributed by atoms with E-state index >= 15 is 0 Å². The topological polar surface area (TPSA) is 93.5 Å². The minimum absolute atomic E-state index is 0.0342. The SMILES string of the molecule is CNC(=O)C1CN(C(=O)c2nn(-c3cccc(C(F)(F)F)c3)c(C)cc2=O)c2ccccc2O1. The maximum atomic E-state index is 13.4. The van der Waals surface area contributed by atoms with E-state index in [1.54, 1.807) is 24.3 Å². The number of hydrogen-bond donors (Lipinski definition) is 1. The van der Waals surface area contributed by atoms with Crippen LogP contribution >= 0.6 is 0 Å². The number of carbonyl (C=O) groups excluding carboxylic acids is 2. The van der Waals surface area contributed by atoms with Crippen LogP contribution in [0.2, 0.25) is 0 Å². The highest BCUT2D eigenvalue weighted by Crippen LogP contribution is 2.34. The quantitative estimate of drug-likeness (QED) is 0.633. The second-order valence-corrected chi connectivity index (χ2v) is 7.56. The van der Waals surface area contributed by atoms with Crippen LogP contribution in [0, 0.1) is 6.92 Å². The Bertz CT molecular complexity index is 1340. The number of halogens is 3. The second kappa shape index (κ2) is 8.65. The molecule has 176 valence electrons. The monoisotopic (exact) mass is 472 g/mol. The molecule has 1 aliphatic heterocycles. The summed E-state index contributed by atoms with van der Waals surface area (Å²) < 4.78 is 46.3. The molecule has 0 bridgehead atoms. The summed E-state index contributed by atoms with van der Waals surface area (Å²) in [5.74, 6) is -1.01. The van der Waals surface area contributed by atoms with E-state index in [-0.39, 0.29) is 23.7 Å². The molecule has 0 aliphatic carbocycles. The Morgan fingerprint density at radius 1 is 1.12 bits per heavy atom. The fraction of sp³-hybridized carbons (Fsp3) is 0.217. The van der Waals surface area contributed by atoms with Gasteiger partial charge in [0.15, 0.2) is 11.8 Å². The lowest BCUT2D eigenvalue weighted by molar-refractivity contribution is -0.137. The van der Waals surface area contributed by atoms with Crippen molar-refractivity contribution in [3.8, 4) is 11.4 Å². The minimum atomic E-state index is -4.58. The van der Waals surface area contributed by atoms with Crippen LogP contribution in [0.25, 0.3) is 5.69 Å². The van der Waals surface area contributed by atoms with Crippen molar-refractivity contribution in [3.63, 3.8) is 0 Å². The van der Waals surface area contributed by atoms with Crippen LogP contribution in [0.3, 0.4) is 0 Å². The molecule has 1 atom stereocenters. The summed E-state index contributed by atoms with van der Waals surface area (Å²) in [6, 6.07) is 12.0. The number of rotatable bonds is 3. The van der Waals surface area contributed by atoms with Gasteiger partial charge in [0.1, 0.15) is 5.75 Å². The molecule has 0 radical (unpaired) electrons. The molecule has 2 amide bonds. The molecule has 0 saturated heterocycles. The molecule has 1 N–H and O–H groups in total. The summed E-state index contributed by atoms with van der Waals surface area (Å²) in [5.41, 5.74) is -1.49. The van der Waals surface area contributed by atoms with Gasteiger partial charge in [0.2, 0.25) is 5.43 Å². The highest BCUT2D eigenvalue weighted by Gasteiger charge is 2.35. The Morgan fingerprint density at radius 3 is 2.56 bits per heavy atom. The summed E-state index contributed by atoms with van der Waals surface area (Å²) in [7, 11) is 1.42. The molecule has 11 heteroatoms. The molecule has 2 aromatic carbocycles. The van der Waals surface area contributed by atoms with Crippen molar-refractivity contribution in [2.45, 2.75) is 19.2 Å². The molecule has 8 nitrogen and oxygen atoms in total. The molecule has 3 aromatic rings. The van der Waals surface area contributed by atoms with E-state index in [0.29, 0.717) is 5.69 Å². The number of ether oxygens (including phenoxy) is 1. The summed E-state index contributed by atoms with van der Waals surface area (Å²) in [6.07, 6.45) is -5.60. The number of likely N-dealkylation sites (N-methyl/N-ethyl adjacent to an activating group) is 1. The van der Waals surface area contributed by atoms with Crippen molar-refractivity contribution >= 4 is 17.5 Å². The van der Waals surface area contributed by atoms with Gasteiger partial charge in [0.05, 0.1) is 23.5 Å². The van der Waals surface area contributed by atoms with Gasteiger partial charge in [-0.2, -0.15) is 18.3 Å². The van der Waals surface area contributed by atoms with Crippen molar-refractivity contribution in [2.24, 2.45) is 0 Å². The van der Waals surface area contributed by atoms with Crippen LogP contribution in [-0.2, 0) is 11.0 Å². The summed E-state index contributed by atoms with van der Waals surface area (Å²) in [6.45, 7) is 1.31. The van der Waals surface area contributed by atoms with Gasteiger partial charge in [0.25, 0.3) is 11.8 Å². The fourth-order valence-electron chi connectivity index (χ4n) is 3.62. The summed E-state index contributed by atoms with van der Waals surface area (Å²) in [5, 5.41) is 6.56. The number of nitrogens with zero attached hydrogens (tertiary/aromatic N) is 3. The van der Waals surface area contributed by atoms with E-state index in [9.17, 15) is 27.6 Å². The smallest absolute Gasteiger partial charge is 0.416 e. The predicted octanol–water partition coefficient (Wildman–Crippen LogP) is 2.71. The molecule has 2 heterocycles. The van der Waals surface area contributed by atoms with E-state index in [4.69, 9.17) is 4.74 Å². The maximum Gasteiger partial charge on any atom is 0.416 e. The van der Waals surface area contributed by atoms with Gasteiger partial charge in [-0.3, -0.25) is 19.3 Å². The zero-order chi connectivity index (χ0) is 24.6. The molecule has 1 aromatic heterocycles. The van der Waals surface area contributed by atoms with Gasteiger partial charge in [-0.15, -0.1) is 0 Å². The number of nitrogens with one attached hydrogen (secondary N) is 1. The van der Waals surface area contributed by atoms with Gasteiger partial charge in [-0.25, -0.2) is 4.68 Å². The first-order chi connectivity index (χ1) is 16.1. The molecule has 34 heavy (non-hydrogen) atoms. The van der Waals surface area contributed by atoms with Crippen molar-refractivity contribution in [1.29, 1.82) is 0 Å². The van der Waals surface area contributed by atoms with E-state index in [2.05, 4.69) is 10.4 Å². The zero-order valence-corrected chi connectivity index (χ0v) is 18.1. The first kappa shape index (κ1) is 23.0. The van der Waals surface area contributed by atoms with E-state index in [1.807, 2.05) is 0 Å². The lowest BCUT2D eigenvalue weighted by atomic mass is 10.1. The largest absolute Gasteiger partial charge is 0.477 e.